The summed E-state index contributed by atoms with van der Waals surface area (Å²) >= 11 is 0. The molecular formula is C58H87N3O20P2. The van der Waals surface area contributed by atoms with E-state index in [-0.39, 0.29) is 54.9 Å². The van der Waals surface area contributed by atoms with Gasteiger partial charge in [0, 0.05) is 58.5 Å². The number of allylic oxidation sites excluding steroid dienone is 6. The van der Waals surface area contributed by atoms with Gasteiger partial charge in [0.15, 0.2) is 5.78 Å². The maximum atomic E-state index is 14.6. The third-order valence-electron chi connectivity index (χ3n) is 16.6. The number of nitrogens with zero attached hydrogens (tertiary/aromatic N) is 2. The Morgan fingerprint density at radius 1 is 0.855 bits per heavy atom. The molecule has 0 unspecified atom stereocenters. The summed E-state index contributed by atoms with van der Waals surface area (Å²) in [5, 5.41) is 23.5. The maximum Gasteiger partial charge on any atom is 0.412 e. The number of nitrogens with one attached hydrogen (secondary N) is 1. The number of anilines is 1. The van der Waals surface area contributed by atoms with E-state index < -0.39 is 128 Å². The molecule has 7 N–H and O–H groups in total. The highest BCUT2D eigenvalue weighted by molar-refractivity contribution is 7.70. The van der Waals surface area contributed by atoms with E-state index in [2.05, 4.69) is 10.3 Å². The van der Waals surface area contributed by atoms with Gasteiger partial charge >= 0.3 is 27.3 Å². The van der Waals surface area contributed by atoms with Gasteiger partial charge in [0.1, 0.15) is 36.2 Å². The van der Waals surface area contributed by atoms with E-state index in [1.807, 2.05) is 51.2 Å². The molecule has 1 aromatic rings. The smallest absolute Gasteiger partial charge is 0.412 e. The van der Waals surface area contributed by atoms with Crippen LogP contribution >= 0.6 is 15.2 Å². The van der Waals surface area contributed by atoms with Crippen LogP contribution in [0.25, 0.3) is 0 Å². The van der Waals surface area contributed by atoms with Crippen molar-refractivity contribution in [2.24, 2.45) is 35.5 Å². The van der Waals surface area contributed by atoms with Crippen LogP contribution in [0.5, 0.6) is 0 Å². The topological polar surface area (TPSA) is 341 Å². The Balaban J connectivity index is 1.40. The van der Waals surface area contributed by atoms with Crippen molar-refractivity contribution in [3.8, 4) is 0 Å². The molecule has 23 nitrogen and oxygen atoms in total. The summed E-state index contributed by atoms with van der Waals surface area (Å²) in [5.74, 6) is -9.16. The second kappa shape index (κ2) is 30.6. The van der Waals surface area contributed by atoms with Crippen LogP contribution in [0.3, 0.4) is 0 Å². The van der Waals surface area contributed by atoms with Crippen LogP contribution in [0, 0.1) is 35.5 Å². The number of fused-ring (bicyclic) bond motifs is 3. The molecule has 2 bridgehead atoms. The highest BCUT2D eigenvalue weighted by Crippen LogP contribution is 2.69. The summed E-state index contributed by atoms with van der Waals surface area (Å²) in [6.45, 7) is 12.3. The lowest BCUT2D eigenvalue weighted by Gasteiger charge is -2.42. The van der Waals surface area contributed by atoms with Gasteiger partial charge in [-0.2, -0.15) is 0 Å². The average Bonchev–Trinajstić information content (AvgIpc) is 3.53. The first-order valence-corrected chi connectivity index (χ1v) is 31.8. The van der Waals surface area contributed by atoms with E-state index in [4.69, 9.17) is 28.4 Å². The van der Waals surface area contributed by atoms with Gasteiger partial charge in [0.05, 0.1) is 35.9 Å². The van der Waals surface area contributed by atoms with E-state index in [0.717, 1.165) is 28.8 Å². The monoisotopic (exact) mass is 1210 g/mol. The number of rotatable bonds is 11. The Morgan fingerprint density at radius 2 is 1.55 bits per heavy atom. The molecule has 1 saturated carbocycles. The number of carbonyl (C=O) groups excluding carboxylic acids is 6. The zero-order chi connectivity index (χ0) is 61.7. The number of Topliss-reactive ketones (excluding diaryl/α,β-unsaturated/α-hetero) is 3. The van der Waals surface area contributed by atoms with Gasteiger partial charge in [0.2, 0.25) is 11.2 Å². The van der Waals surface area contributed by atoms with Crippen molar-refractivity contribution in [2.45, 2.75) is 185 Å². The van der Waals surface area contributed by atoms with Gasteiger partial charge in [-0.3, -0.25) is 38.6 Å². The molecule has 83 heavy (non-hydrogen) atoms. The van der Waals surface area contributed by atoms with E-state index in [1.165, 1.54) is 14.2 Å². The molecule has 464 valence electrons. The summed E-state index contributed by atoms with van der Waals surface area (Å²) in [5.41, 5.74) is 0.565. The van der Waals surface area contributed by atoms with E-state index in [9.17, 15) is 67.7 Å². The number of ether oxygens (including phenoxy) is 6. The fraction of sp³-hybridized carbons (Fsp3) is 0.672. The minimum atomic E-state index is -5.33. The number of ketones is 3. The second-order valence-electron chi connectivity index (χ2n) is 23.1. The quantitative estimate of drug-likeness (QED) is 0.0499. The van der Waals surface area contributed by atoms with Crippen molar-refractivity contribution < 1.29 is 96.1 Å². The van der Waals surface area contributed by atoms with Crippen molar-refractivity contribution in [1.82, 2.24) is 9.88 Å². The molecule has 0 radical (unpaired) electrons. The summed E-state index contributed by atoms with van der Waals surface area (Å²) < 4.78 is 59.2. The number of esters is 1. The fourth-order valence-corrected chi connectivity index (χ4v) is 14.3. The second-order valence-corrected chi connectivity index (χ2v) is 26.9. The molecule has 4 heterocycles. The Kier molecular flexibility index (Phi) is 25.5. The lowest BCUT2D eigenvalue weighted by atomic mass is 9.78. The normalized spacial score (nSPS) is 34.5. The van der Waals surface area contributed by atoms with Crippen LogP contribution in [0.4, 0.5) is 10.5 Å². The summed E-state index contributed by atoms with van der Waals surface area (Å²) in [7, 11) is -6.34. The van der Waals surface area contributed by atoms with Crippen LogP contribution in [-0.4, -0.2) is 157 Å². The molecule has 5 rings (SSSR count). The predicted octanol–water partition coefficient (Wildman–Crippen LogP) is 7.19. The maximum absolute atomic E-state index is 14.6. The minimum absolute atomic E-state index is 0.000590. The van der Waals surface area contributed by atoms with Crippen molar-refractivity contribution in [3.63, 3.8) is 0 Å². The Bertz CT molecular complexity index is 2630. The fourth-order valence-electron chi connectivity index (χ4n) is 11.7. The highest BCUT2D eigenvalue weighted by Gasteiger charge is 2.53. The number of piperidine rings is 1. The van der Waals surface area contributed by atoms with Gasteiger partial charge in [-0.15, -0.1) is 0 Å². The van der Waals surface area contributed by atoms with E-state index >= 15 is 0 Å². The molecule has 25 heteroatoms. The largest absolute Gasteiger partial charge is 0.460 e. The van der Waals surface area contributed by atoms with Crippen molar-refractivity contribution in [1.29, 1.82) is 0 Å². The molecule has 1 aliphatic carbocycles. The first-order valence-electron chi connectivity index (χ1n) is 28.5. The number of aliphatic hydroxyl groups excluding tert-OH is 1. The average molecular weight is 1210 g/mol. The van der Waals surface area contributed by atoms with Crippen molar-refractivity contribution in [2.75, 3.05) is 33.2 Å². The molecule has 0 aromatic carbocycles. The summed E-state index contributed by atoms with van der Waals surface area (Å²) in [6.07, 6.45) is 8.61. The predicted molar refractivity (Wildman–Crippen MR) is 304 cm³/mol. The Morgan fingerprint density at radius 3 is 2.18 bits per heavy atom. The molecule has 2 saturated heterocycles. The number of carbonyl (C=O) groups is 6. The van der Waals surface area contributed by atoms with Gasteiger partial charge in [0.25, 0.3) is 11.7 Å². The lowest BCUT2D eigenvalue weighted by Crippen LogP contribution is -2.61. The third kappa shape index (κ3) is 18.7. The van der Waals surface area contributed by atoms with Gasteiger partial charge < -0.3 is 63.1 Å². The number of pyridine rings is 1. The lowest BCUT2D eigenvalue weighted by molar-refractivity contribution is -0.265. The minimum Gasteiger partial charge on any atom is -0.460 e. The number of aliphatic hydroxyl groups is 2. The Hall–Kier alpha value is -4.61. The zero-order valence-corrected chi connectivity index (χ0v) is 51.0. The first kappa shape index (κ1) is 69.2. The molecule has 4 aliphatic rings. The van der Waals surface area contributed by atoms with E-state index in [1.54, 1.807) is 40.9 Å². The number of aromatic nitrogens is 1. The molecule has 1 aromatic heterocycles. The van der Waals surface area contributed by atoms with E-state index in [0.29, 0.717) is 63.4 Å². The number of hydrogen-bond acceptors (Lipinski definition) is 17. The summed E-state index contributed by atoms with van der Waals surface area (Å²) in [6, 6.07) is 0.865. The number of cyclic esters (lactones) is 1. The zero-order valence-electron chi connectivity index (χ0n) is 49.2. The number of methoxy groups -OCH3 is 3. The van der Waals surface area contributed by atoms with Crippen molar-refractivity contribution >= 4 is 56.2 Å². The van der Waals surface area contributed by atoms with Crippen LogP contribution in [0.2, 0.25) is 0 Å². The first-order chi connectivity index (χ1) is 38.9. The highest BCUT2D eigenvalue weighted by atomic mass is 31.2. The molecule has 3 fully saturated rings. The van der Waals surface area contributed by atoms with Crippen LogP contribution in [0.15, 0.2) is 65.9 Å². The molecule has 0 spiro atoms. The Labute approximate surface area is 486 Å². The van der Waals surface area contributed by atoms with Crippen molar-refractivity contribution in [3.05, 3.63) is 71.6 Å². The standard InChI is InChI=1S/C58H87N3O20P2/c1-33-16-12-11-13-17-34(2)47(76-8)30-42-22-19-39(7)58(69,81-42)53(65)54(66)61-25-15-14-18-44(61)55(67)79-48(31-45(62)35(3)27-38(6)51(64)52(78-10)50(63)37(5)26-33)36(4)28-40-20-24-46(49(29-40)77-9)80-57(68)60-41-21-23-43(59-32-41)56(82(70,71)72)83(73,74)75/h11-13,16-17,21,23,27,32-33,35-37,39-40,42,44,46-49,51-52,56,64,69H,14-15,18-20,22,24-26,28-31H2,1-10H3,(H,60,68)(H2,70,71,72)(H2,73,74,75)/b13-11+,16-12+,34-17+,38-27+/t33-,35-,36-,37-,39-,40-,42+,44+,46-,47+,48+,49-,51-,52+,58-/m1/s1. The molecule has 2 amide bonds. The van der Waals surface area contributed by atoms with Gasteiger partial charge in [-0.25, -0.2) is 9.59 Å². The number of amides is 2. The molecule has 15 atom stereocenters. The SMILES string of the molecule is CO[C@H]1C[C@@H]2CC[C@@H](C)[C@@](O)(O2)C(=O)C(=O)N2CCCC[C@H]2C(=O)O[C@H]([C@H](C)C[C@H]2CC[C@@H](OC(=O)Nc3ccc(C(P(=O)(O)O)P(=O)(O)O)nc3)[C@H](OC)C2)CC(=O)[C@H](C)/C=C(\C)[C@@H](O)[C@@H](OC)C(=O)[C@H](C)C[C@H](C)/C=C/C=C/C=C/1C. The van der Waals surface area contributed by atoms with Gasteiger partial charge in [-0.1, -0.05) is 71.1 Å². The number of hydrogen-bond donors (Lipinski definition) is 7. The molecule has 3 aliphatic heterocycles. The summed E-state index contributed by atoms with van der Waals surface area (Å²) in [4.78, 5) is 128. The third-order valence-corrected chi connectivity index (χ3v) is 20.3. The van der Waals surface area contributed by atoms with Crippen LogP contribution in [0.1, 0.15) is 137 Å². The van der Waals surface area contributed by atoms with Crippen LogP contribution in [-0.2, 0) is 61.5 Å². The van der Waals surface area contributed by atoms with Gasteiger partial charge in [-0.05, 0) is 119 Å². The van der Waals surface area contributed by atoms with Crippen LogP contribution < -0.4 is 5.32 Å². The molecular weight excluding hydrogens is 1120 g/mol.